The lowest BCUT2D eigenvalue weighted by atomic mass is 10.1. The van der Waals surface area contributed by atoms with Gasteiger partial charge in [0.05, 0.1) is 12.5 Å². The van der Waals surface area contributed by atoms with Gasteiger partial charge in [-0.2, -0.15) is 0 Å². The Balaban J connectivity index is 1.44. The number of ether oxygens (including phenoxy) is 2. The molecule has 3 unspecified atom stereocenters. The van der Waals surface area contributed by atoms with Gasteiger partial charge in [0, 0.05) is 25.6 Å². The second kappa shape index (κ2) is 7.62. The van der Waals surface area contributed by atoms with Crippen molar-refractivity contribution in [2.75, 3.05) is 32.8 Å². The van der Waals surface area contributed by atoms with Crippen molar-refractivity contribution in [3.63, 3.8) is 0 Å². The molecule has 1 aliphatic heterocycles. The average molecular weight is 335 g/mol. The van der Waals surface area contributed by atoms with Gasteiger partial charge in [-0.3, -0.25) is 9.69 Å². The lowest BCUT2D eigenvalue weighted by Crippen LogP contribution is -2.46. The minimum Gasteiger partial charge on any atom is -0.463 e. The van der Waals surface area contributed by atoms with Gasteiger partial charge in [0.25, 0.3) is 0 Å². The summed E-state index contributed by atoms with van der Waals surface area (Å²) >= 11 is 0. The molecule has 1 aliphatic carbocycles. The Kier molecular flexibility index (Phi) is 5.51. The normalized spacial score (nSPS) is 27.2. The molecule has 1 aromatic carbocycles. The monoisotopic (exact) mass is 335 g/mol. The number of hydrogen-bond donors (Lipinski definition) is 0. The Morgan fingerprint density at radius 1 is 1.42 bits per heavy atom. The molecular formula is C19H26FNO3. The van der Waals surface area contributed by atoms with Crippen LogP contribution in [0.4, 0.5) is 4.39 Å². The van der Waals surface area contributed by atoms with Gasteiger partial charge >= 0.3 is 5.97 Å². The van der Waals surface area contributed by atoms with Crippen LogP contribution in [0.3, 0.4) is 0 Å². The highest BCUT2D eigenvalue weighted by molar-refractivity contribution is 5.77. The van der Waals surface area contributed by atoms with Crippen LogP contribution >= 0.6 is 0 Å². The predicted octanol–water partition coefficient (Wildman–Crippen LogP) is 2.83. The molecule has 0 spiro atoms. The number of nitrogens with zero attached hydrogens (tertiary/aromatic N) is 1. The summed E-state index contributed by atoms with van der Waals surface area (Å²) in [6, 6.07) is 6.66. The zero-order chi connectivity index (χ0) is 17.1. The van der Waals surface area contributed by atoms with E-state index in [1.165, 1.54) is 6.07 Å². The molecule has 132 valence electrons. The van der Waals surface area contributed by atoms with Crippen LogP contribution in [0.2, 0.25) is 0 Å². The van der Waals surface area contributed by atoms with E-state index in [9.17, 15) is 9.18 Å². The van der Waals surface area contributed by atoms with Crippen molar-refractivity contribution in [1.29, 1.82) is 0 Å². The summed E-state index contributed by atoms with van der Waals surface area (Å²) in [4.78, 5) is 14.5. The van der Waals surface area contributed by atoms with E-state index in [1.807, 2.05) is 0 Å². The Morgan fingerprint density at radius 2 is 2.21 bits per heavy atom. The number of benzene rings is 1. The molecule has 3 rings (SSSR count). The molecule has 2 fully saturated rings. The van der Waals surface area contributed by atoms with Crippen LogP contribution < -0.4 is 0 Å². The number of rotatable bonds is 6. The Morgan fingerprint density at radius 3 is 2.96 bits per heavy atom. The molecule has 0 N–H and O–H groups in total. The first-order valence-electron chi connectivity index (χ1n) is 8.79. The second-order valence-corrected chi connectivity index (χ2v) is 7.25. The van der Waals surface area contributed by atoms with Crippen LogP contribution in [0.5, 0.6) is 0 Å². The third-order valence-electron chi connectivity index (χ3n) is 4.66. The fraction of sp³-hybridized carbons (Fsp3) is 0.632. The summed E-state index contributed by atoms with van der Waals surface area (Å²) in [6.45, 7) is 8.12. The summed E-state index contributed by atoms with van der Waals surface area (Å²) in [5, 5.41) is 0. The zero-order valence-corrected chi connectivity index (χ0v) is 14.4. The molecule has 1 saturated heterocycles. The Bertz CT molecular complexity index is 577. The molecule has 4 nitrogen and oxygen atoms in total. The largest absolute Gasteiger partial charge is 0.463 e. The molecule has 3 atom stereocenters. The first-order valence-corrected chi connectivity index (χ1v) is 8.79. The van der Waals surface area contributed by atoms with E-state index in [1.54, 1.807) is 18.2 Å². The summed E-state index contributed by atoms with van der Waals surface area (Å²) in [5.41, 5.74) is 0.622. The average Bonchev–Trinajstić information content (AvgIpc) is 3.33. The molecule has 0 amide bonds. The lowest BCUT2D eigenvalue weighted by Gasteiger charge is -2.33. The predicted molar refractivity (Wildman–Crippen MR) is 89.2 cm³/mol. The van der Waals surface area contributed by atoms with Crippen molar-refractivity contribution >= 4 is 5.97 Å². The summed E-state index contributed by atoms with van der Waals surface area (Å²) in [7, 11) is 0. The third-order valence-corrected chi connectivity index (χ3v) is 4.66. The molecule has 0 aromatic heterocycles. The van der Waals surface area contributed by atoms with Crippen LogP contribution in [-0.4, -0.2) is 49.8 Å². The molecule has 5 heteroatoms. The molecule has 1 aromatic rings. The number of carbonyl (C=O) groups is 1. The van der Waals surface area contributed by atoms with Gasteiger partial charge in [0.15, 0.2) is 0 Å². The Hall–Kier alpha value is -1.46. The van der Waals surface area contributed by atoms with E-state index >= 15 is 0 Å². The highest BCUT2D eigenvalue weighted by atomic mass is 19.1. The molecular weight excluding hydrogens is 309 g/mol. The molecule has 0 radical (unpaired) electrons. The topological polar surface area (TPSA) is 38.8 Å². The van der Waals surface area contributed by atoms with Gasteiger partial charge in [0.1, 0.15) is 18.5 Å². The van der Waals surface area contributed by atoms with Crippen LogP contribution in [0.15, 0.2) is 24.3 Å². The molecule has 0 bridgehead atoms. The number of carbonyl (C=O) groups excluding carboxylic acids is 1. The minimum atomic E-state index is -0.238. The van der Waals surface area contributed by atoms with Gasteiger partial charge in [-0.1, -0.05) is 32.0 Å². The fourth-order valence-corrected chi connectivity index (χ4v) is 3.42. The molecule has 1 saturated carbocycles. The van der Waals surface area contributed by atoms with E-state index in [0.29, 0.717) is 24.5 Å². The van der Waals surface area contributed by atoms with E-state index in [4.69, 9.17) is 9.47 Å². The van der Waals surface area contributed by atoms with Crippen molar-refractivity contribution in [2.45, 2.75) is 32.3 Å². The SMILES string of the molecule is CC(C)CN1CCOC(COC(=O)C2CC2c2ccccc2F)C1. The smallest absolute Gasteiger partial charge is 0.309 e. The van der Waals surface area contributed by atoms with Crippen molar-refractivity contribution in [2.24, 2.45) is 11.8 Å². The third kappa shape index (κ3) is 4.33. The summed E-state index contributed by atoms with van der Waals surface area (Å²) < 4.78 is 24.9. The molecule has 2 aliphatic rings. The van der Waals surface area contributed by atoms with Gasteiger partial charge in [-0.15, -0.1) is 0 Å². The van der Waals surface area contributed by atoms with E-state index in [-0.39, 0.29) is 36.3 Å². The van der Waals surface area contributed by atoms with Crippen LogP contribution in [0.25, 0.3) is 0 Å². The summed E-state index contributed by atoms with van der Waals surface area (Å²) in [6.07, 6.45) is 0.609. The van der Waals surface area contributed by atoms with Crippen molar-refractivity contribution in [1.82, 2.24) is 4.90 Å². The van der Waals surface area contributed by atoms with E-state index < -0.39 is 0 Å². The van der Waals surface area contributed by atoms with Gasteiger partial charge in [0.2, 0.25) is 0 Å². The first-order chi connectivity index (χ1) is 11.5. The Labute approximate surface area is 142 Å². The number of esters is 1. The van der Waals surface area contributed by atoms with Crippen molar-refractivity contribution < 1.29 is 18.7 Å². The van der Waals surface area contributed by atoms with E-state index in [0.717, 1.165) is 19.6 Å². The van der Waals surface area contributed by atoms with Crippen molar-refractivity contribution in [3.8, 4) is 0 Å². The molecule has 24 heavy (non-hydrogen) atoms. The lowest BCUT2D eigenvalue weighted by molar-refractivity contribution is -0.152. The van der Waals surface area contributed by atoms with Crippen LogP contribution in [0, 0.1) is 17.7 Å². The maximum Gasteiger partial charge on any atom is 0.309 e. The first kappa shape index (κ1) is 17.4. The van der Waals surface area contributed by atoms with Crippen LogP contribution in [0.1, 0.15) is 31.7 Å². The second-order valence-electron chi connectivity index (χ2n) is 7.25. The van der Waals surface area contributed by atoms with Gasteiger partial charge in [-0.25, -0.2) is 4.39 Å². The van der Waals surface area contributed by atoms with Crippen molar-refractivity contribution in [3.05, 3.63) is 35.6 Å². The summed E-state index contributed by atoms with van der Waals surface area (Å²) in [5.74, 6) is -0.106. The highest BCUT2D eigenvalue weighted by Crippen LogP contribution is 2.48. The van der Waals surface area contributed by atoms with Gasteiger partial charge in [-0.05, 0) is 24.0 Å². The zero-order valence-electron chi connectivity index (χ0n) is 14.4. The maximum atomic E-state index is 13.8. The molecule has 1 heterocycles. The number of hydrogen-bond acceptors (Lipinski definition) is 4. The van der Waals surface area contributed by atoms with Crippen LogP contribution in [-0.2, 0) is 14.3 Å². The quantitative estimate of drug-likeness (QED) is 0.750. The maximum absolute atomic E-state index is 13.8. The number of halogens is 1. The fourth-order valence-electron chi connectivity index (χ4n) is 3.42. The van der Waals surface area contributed by atoms with E-state index in [2.05, 4.69) is 18.7 Å². The number of morpholine rings is 1. The minimum absolute atomic E-state index is 0.0385. The van der Waals surface area contributed by atoms with Gasteiger partial charge < -0.3 is 9.47 Å². The highest BCUT2D eigenvalue weighted by Gasteiger charge is 2.46. The standard InChI is InChI=1S/C19H26FNO3/c1-13(2)10-21-7-8-23-14(11-21)12-24-19(22)17-9-16(17)15-5-3-4-6-18(15)20/h3-6,13-14,16-17H,7-12H2,1-2H3.